The molecule has 2 fully saturated rings. The first kappa shape index (κ1) is 20.2. The van der Waals surface area contributed by atoms with E-state index in [0.717, 1.165) is 23.1 Å². The Morgan fingerprint density at radius 1 is 1.10 bits per heavy atom. The van der Waals surface area contributed by atoms with Crippen LogP contribution in [0.4, 0.5) is 18.4 Å². The Labute approximate surface area is 173 Å². The summed E-state index contributed by atoms with van der Waals surface area (Å²) >= 11 is 6.31. The summed E-state index contributed by atoms with van der Waals surface area (Å²) in [6.07, 6.45) is 0.536. The van der Waals surface area contributed by atoms with Crippen LogP contribution >= 0.6 is 11.6 Å². The SMILES string of the molecule is O=C(N1CCC(F)(F)CC1)N1CCc2cc(Cl)cc(C3CCCN3C(=O)O)c2C1. The molecule has 4 rings (SSSR count). The molecule has 0 radical (unpaired) electrons. The molecule has 3 heterocycles. The lowest BCUT2D eigenvalue weighted by molar-refractivity contribution is -0.0493. The largest absolute Gasteiger partial charge is 0.465 e. The number of alkyl halides is 2. The molecule has 1 unspecified atom stereocenters. The van der Waals surface area contributed by atoms with Crippen molar-refractivity contribution in [2.24, 2.45) is 0 Å². The lowest BCUT2D eigenvalue weighted by Gasteiger charge is -2.38. The van der Waals surface area contributed by atoms with Gasteiger partial charge in [-0.15, -0.1) is 0 Å². The van der Waals surface area contributed by atoms with Gasteiger partial charge >= 0.3 is 12.1 Å². The number of carbonyl (C=O) groups is 2. The summed E-state index contributed by atoms with van der Waals surface area (Å²) in [5.74, 6) is -2.70. The van der Waals surface area contributed by atoms with Gasteiger partial charge in [0.05, 0.1) is 6.04 Å². The molecule has 29 heavy (non-hydrogen) atoms. The Hall–Kier alpha value is -2.09. The number of carbonyl (C=O) groups excluding carboxylic acids is 1. The molecule has 1 N–H and O–H groups in total. The van der Waals surface area contributed by atoms with Gasteiger partial charge in [0.15, 0.2) is 0 Å². The van der Waals surface area contributed by atoms with E-state index in [0.29, 0.717) is 37.5 Å². The zero-order valence-electron chi connectivity index (χ0n) is 16.0. The normalized spacial score (nSPS) is 23.8. The van der Waals surface area contributed by atoms with E-state index in [2.05, 4.69) is 0 Å². The van der Waals surface area contributed by atoms with Crippen molar-refractivity contribution in [3.8, 4) is 0 Å². The second-order valence-electron chi connectivity index (χ2n) is 8.06. The number of carboxylic acid groups (broad SMARTS) is 1. The molecule has 0 bridgehead atoms. The molecule has 1 aromatic rings. The van der Waals surface area contributed by atoms with Crippen molar-refractivity contribution < 1.29 is 23.5 Å². The first-order valence-electron chi connectivity index (χ1n) is 9.97. The molecule has 6 nitrogen and oxygen atoms in total. The maximum absolute atomic E-state index is 13.4. The van der Waals surface area contributed by atoms with Crippen molar-refractivity contribution >= 4 is 23.7 Å². The van der Waals surface area contributed by atoms with E-state index < -0.39 is 12.0 Å². The fraction of sp³-hybridized carbons (Fsp3) is 0.600. The van der Waals surface area contributed by atoms with Crippen LogP contribution in [0.15, 0.2) is 12.1 Å². The maximum atomic E-state index is 13.4. The van der Waals surface area contributed by atoms with Crippen LogP contribution in [0.25, 0.3) is 0 Å². The van der Waals surface area contributed by atoms with E-state index in [-0.39, 0.29) is 38.0 Å². The van der Waals surface area contributed by atoms with Gasteiger partial charge in [-0.1, -0.05) is 11.6 Å². The number of hydrogen-bond acceptors (Lipinski definition) is 2. The predicted octanol–water partition coefficient (Wildman–Crippen LogP) is 4.36. The summed E-state index contributed by atoms with van der Waals surface area (Å²) in [5.41, 5.74) is 2.82. The molecule has 3 amide bonds. The first-order chi connectivity index (χ1) is 13.7. The van der Waals surface area contributed by atoms with Crippen molar-refractivity contribution in [1.29, 1.82) is 0 Å². The summed E-state index contributed by atoms with van der Waals surface area (Å²) < 4.78 is 26.9. The minimum atomic E-state index is -2.70. The molecule has 1 aromatic carbocycles. The van der Waals surface area contributed by atoms with Crippen LogP contribution < -0.4 is 0 Å². The van der Waals surface area contributed by atoms with Gasteiger partial charge in [0.25, 0.3) is 5.92 Å². The minimum absolute atomic E-state index is 0.0537. The predicted molar refractivity (Wildman–Crippen MR) is 103 cm³/mol. The highest BCUT2D eigenvalue weighted by molar-refractivity contribution is 6.30. The van der Waals surface area contributed by atoms with Crippen LogP contribution in [0.2, 0.25) is 5.02 Å². The van der Waals surface area contributed by atoms with Crippen molar-refractivity contribution in [2.75, 3.05) is 26.2 Å². The van der Waals surface area contributed by atoms with Gasteiger partial charge < -0.3 is 19.8 Å². The van der Waals surface area contributed by atoms with E-state index in [1.54, 1.807) is 4.90 Å². The van der Waals surface area contributed by atoms with Gasteiger partial charge in [-0.2, -0.15) is 0 Å². The average molecular weight is 428 g/mol. The van der Waals surface area contributed by atoms with Crippen molar-refractivity contribution in [3.05, 3.63) is 33.8 Å². The van der Waals surface area contributed by atoms with Gasteiger partial charge in [-0.25, -0.2) is 18.4 Å². The van der Waals surface area contributed by atoms with Crippen LogP contribution in [-0.2, 0) is 13.0 Å². The number of amides is 3. The standard InChI is InChI=1S/C20H24ClF2N3O3/c21-14-10-13-3-7-25(18(27)24-8-4-20(22,23)5-9-24)12-16(13)15(11-14)17-2-1-6-26(17)19(28)29/h10-11,17H,1-9,12H2,(H,28,29). The Morgan fingerprint density at radius 2 is 1.83 bits per heavy atom. The molecule has 0 aromatic heterocycles. The van der Waals surface area contributed by atoms with Crippen molar-refractivity contribution in [2.45, 2.75) is 50.6 Å². The average Bonchev–Trinajstić information content (AvgIpc) is 3.16. The highest BCUT2D eigenvalue weighted by Gasteiger charge is 2.38. The van der Waals surface area contributed by atoms with Crippen molar-refractivity contribution in [1.82, 2.24) is 14.7 Å². The molecule has 0 saturated carbocycles. The molecular formula is C20H24ClF2N3O3. The fourth-order valence-corrected chi connectivity index (χ4v) is 4.91. The molecule has 0 aliphatic carbocycles. The summed E-state index contributed by atoms with van der Waals surface area (Å²) in [7, 11) is 0. The molecule has 1 atom stereocenters. The Bertz CT molecular complexity index is 825. The maximum Gasteiger partial charge on any atom is 0.407 e. The first-order valence-corrected chi connectivity index (χ1v) is 10.4. The van der Waals surface area contributed by atoms with Gasteiger partial charge in [0, 0.05) is 50.6 Å². The molecule has 9 heteroatoms. The molecule has 2 saturated heterocycles. The van der Waals surface area contributed by atoms with Crippen LogP contribution in [0, 0.1) is 0 Å². The number of fused-ring (bicyclic) bond motifs is 1. The Morgan fingerprint density at radius 3 is 2.52 bits per heavy atom. The quantitative estimate of drug-likeness (QED) is 0.724. The number of likely N-dealkylation sites (tertiary alicyclic amines) is 2. The highest BCUT2D eigenvalue weighted by Crippen LogP contribution is 2.39. The van der Waals surface area contributed by atoms with Crippen LogP contribution in [0.5, 0.6) is 0 Å². The second kappa shape index (κ2) is 7.63. The number of hydrogen-bond donors (Lipinski definition) is 1. The highest BCUT2D eigenvalue weighted by atomic mass is 35.5. The zero-order valence-corrected chi connectivity index (χ0v) is 16.8. The Balaban J connectivity index is 1.57. The molecule has 3 aliphatic heterocycles. The summed E-state index contributed by atoms with van der Waals surface area (Å²) in [6.45, 7) is 1.42. The number of piperidine rings is 1. The van der Waals surface area contributed by atoms with Gasteiger partial charge in [-0.3, -0.25) is 0 Å². The van der Waals surface area contributed by atoms with Crippen LogP contribution in [0.1, 0.15) is 48.4 Å². The minimum Gasteiger partial charge on any atom is -0.465 e. The van der Waals surface area contributed by atoms with Gasteiger partial charge in [0.2, 0.25) is 0 Å². The molecule has 0 spiro atoms. The summed E-state index contributed by atoms with van der Waals surface area (Å²) in [5, 5.41) is 10.1. The Kier molecular flexibility index (Phi) is 5.31. The molecule has 158 valence electrons. The number of urea groups is 1. The zero-order chi connectivity index (χ0) is 20.8. The second-order valence-corrected chi connectivity index (χ2v) is 8.50. The lowest BCUT2D eigenvalue weighted by atomic mass is 9.90. The van der Waals surface area contributed by atoms with E-state index >= 15 is 0 Å². The van der Waals surface area contributed by atoms with Crippen LogP contribution in [-0.4, -0.2) is 64.0 Å². The van der Waals surface area contributed by atoms with Gasteiger partial charge in [-0.05, 0) is 48.1 Å². The van der Waals surface area contributed by atoms with E-state index in [4.69, 9.17) is 11.6 Å². The number of benzene rings is 1. The molecular weight excluding hydrogens is 404 g/mol. The smallest absolute Gasteiger partial charge is 0.407 e. The van der Waals surface area contributed by atoms with Crippen molar-refractivity contribution in [3.63, 3.8) is 0 Å². The topological polar surface area (TPSA) is 64.1 Å². The van der Waals surface area contributed by atoms with E-state index in [1.807, 2.05) is 12.1 Å². The van der Waals surface area contributed by atoms with Crippen LogP contribution in [0.3, 0.4) is 0 Å². The summed E-state index contributed by atoms with van der Waals surface area (Å²) in [4.78, 5) is 29.2. The summed E-state index contributed by atoms with van der Waals surface area (Å²) in [6, 6.07) is 3.18. The third-order valence-electron chi connectivity index (χ3n) is 6.24. The third-order valence-corrected chi connectivity index (χ3v) is 6.45. The number of halogens is 3. The van der Waals surface area contributed by atoms with E-state index in [9.17, 15) is 23.5 Å². The number of nitrogens with zero attached hydrogens (tertiary/aromatic N) is 3. The molecule has 3 aliphatic rings. The lowest BCUT2D eigenvalue weighted by Crippen LogP contribution is -2.50. The van der Waals surface area contributed by atoms with Gasteiger partial charge in [0.1, 0.15) is 0 Å². The third kappa shape index (κ3) is 3.99. The fourth-order valence-electron chi connectivity index (χ4n) is 4.66. The monoisotopic (exact) mass is 427 g/mol. The number of rotatable bonds is 1. The van der Waals surface area contributed by atoms with E-state index in [1.165, 1.54) is 9.80 Å².